The normalized spacial score (nSPS) is 10.0. The molecule has 108 valence electrons. The Morgan fingerprint density at radius 2 is 1.81 bits per heavy atom. The van der Waals surface area contributed by atoms with Gasteiger partial charge in [0.15, 0.2) is 0 Å². The standard InChI is InChI=1S/C14H11ClFN3OS/c15-8-4-6-9(7-5-8)18-14(20)19-11-3-1-2-10(16)12(11)13(17)21/h1-7H,(H2,17,21)(H2,18,19,20). The molecule has 0 aromatic heterocycles. The van der Waals surface area contributed by atoms with Gasteiger partial charge in [0.1, 0.15) is 10.8 Å². The number of hydrogen-bond acceptors (Lipinski definition) is 2. The zero-order chi connectivity index (χ0) is 15.4. The number of benzene rings is 2. The number of thiocarbonyl (C=S) groups is 1. The van der Waals surface area contributed by atoms with Crippen molar-refractivity contribution < 1.29 is 9.18 Å². The summed E-state index contributed by atoms with van der Waals surface area (Å²) >= 11 is 10.5. The summed E-state index contributed by atoms with van der Waals surface area (Å²) < 4.78 is 13.7. The highest BCUT2D eigenvalue weighted by molar-refractivity contribution is 7.80. The van der Waals surface area contributed by atoms with Gasteiger partial charge in [-0.2, -0.15) is 0 Å². The summed E-state index contributed by atoms with van der Waals surface area (Å²) in [6, 6.07) is 10.2. The van der Waals surface area contributed by atoms with Gasteiger partial charge in [-0.1, -0.05) is 29.9 Å². The van der Waals surface area contributed by atoms with Crippen molar-refractivity contribution in [1.82, 2.24) is 0 Å². The summed E-state index contributed by atoms with van der Waals surface area (Å²) in [4.78, 5) is 11.8. The van der Waals surface area contributed by atoms with Crippen molar-refractivity contribution in [2.24, 2.45) is 5.73 Å². The van der Waals surface area contributed by atoms with Gasteiger partial charge in [-0.15, -0.1) is 0 Å². The molecule has 0 bridgehead atoms. The molecule has 4 N–H and O–H groups in total. The molecule has 2 aromatic carbocycles. The Morgan fingerprint density at radius 3 is 2.43 bits per heavy atom. The van der Waals surface area contributed by atoms with E-state index in [1.165, 1.54) is 18.2 Å². The first-order valence-electron chi connectivity index (χ1n) is 5.89. The van der Waals surface area contributed by atoms with Gasteiger partial charge in [-0.3, -0.25) is 0 Å². The molecule has 0 spiro atoms. The number of halogens is 2. The van der Waals surface area contributed by atoms with Gasteiger partial charge in [0.25, 0.3) is 0 Å². The maximum absolute atomic E-state index is 13.7. The van der Waals surface area contributed by atoms with Crippen molar-refractivity contribution in [1.29, 1.82) is 0 Å². The molecule has 0 aliphatic heterocycles. The third-order valence-electron chi connectivity index (χ3n) is 2.61. The highest BCUT2D eigenvalue weighted by Gasteiger charge is 2.13. The van der Waals surface area contributed by atoms with Gasteiger partial charge >= 0.3 is 6.03 Å². The molecule has 4 nitrogen and oxygen atoms in total. The summed E-state index contributed by atoms with van der Waals surface area (Å²) in [6.07, 6.45) is 0. The topological polar surface area (TPSA) is 67.1 Å². The lowest BCUT2D eigenvalue weighted by atomic mass is 10.1. The van der Waals surface area contributed by atoms with Crippen LogP contribution in [0.15, 0.2) is 42.5 Å². The lowest BCUT2D eigenvalue weighted by molar-refractivity contribution is 0.262. The largest absolute Gasteiger partial charge is 0.389 e. The molecule has 0 fully saturated rings. The molecule has 0 aliphatic carbocycles. The molecule has 21 heavy (non-hydrogen) atoms. The Bertz CT molecular complexity index is 691. The SMILES string of the molecule is NC(=S)c1c(F)cccc1NC(=O)Nc1ccc(Cl)cc1. The quantitative estimate of drug-likeness (QED) is 0.753. The van der Waals surface area contributed by atoms with Gasteiger partial charge in [0.05, 0.1) is 11.3 Å². The summed E-state index contributed by atoms with van der Waals surface area (Å²) in [5.74, 6) is -0.591. The van der Waals surface area contributed by atoms with Crippen LogP contribution in [0.2, 0.25) is 5.02 Å². The Morgan fingerprint density at radius 1 is 1.14 bits per heavy atom. The van der Waals surface area contributed by atoms with Gasteiger partial charge in [-0.25, -0.2) is 9.18 Å². The Labute approximate surface area is 131 Å². The van der Waals surface area contributed by atoms with Crippen LogP contribution < -0.4 is 16.4 Å². The first kappa shape index (κ1) is 15.2. The fourth-order valence-electron chi connectivity index (χ4n) is 1.70. The van der Waals surface area contributed by atoms with Gasteiger partial charge in [0.2, 0.25) is 0 Å². The third kappa shape index (κ3) is 3.90. The van der Waals surface area contributed by atoms with E-state index in [1.807, 2.05) is 0 Å². The van der Waals surface area contributed by atoms with E-state index in [-0.39, 0.29) is 16.2 Å². The van der Waals surface area contributed by atoms with Crippen molar-refractivity contribution in [3.63, 3.8) is 0 Å². The number of anilines is 2. The number of hydrogen-bond donors (Lipinski definition) is 3. The van der Waals surface area contributed by atoms with Crippen molar-refractivity contribution in [2.45, 2.75) is 0 Å². The maximum Gasteiger partial charge on any atom is 0.323 e. The van der Waals surface area contributed by atoms with Gasteiger partial charge in [-0.05, 0) is 36.4 Å². The number of nitrogens with one attached hydrogen (secondary N) is 2. The second-order valence-corrected chi connectivity index (χ2v) is 4.99. The van der Waals surface area contributed by atoms with E-state index in [9.17, 15) is 9.18 Å². The number of rotatable bonds is 3. The van der Waals surface area contributed by atoms with E-state index in [4.69, 9.17) is 29.6 Å². The van der Waals surface area contributed by atoms with E-state index >= 15 is 0 Å². The first-order valence-corrected chi connectivity index (χ1v) is 6.68. The smallest absolute Gasteiger partial charge is 0.323 e. The molecule has 0 radical (unpaired) electrons. The van der Waals surface area contributed by atoms with E-state index in [0.29, 0.717) is 10.7 Å². The van der Waals surface area contributed by atoms with Crippen LogP contribution in [0.5, 0.6) is 0 Å². The van der Waals surface area contributed by atoms with E-state index < -0.39 is 11.8 Å². The van der Waals surface area contributed by atoms with Crippen molar-refractivity contribution in [2.75, 3.05) is 10.6 Å². The number of nitrogens with two attached hydrogens (primary N) is 1. The monoisotopic (exact) mass is 323 g/mol. The zero-order valence-corrected chi connectivity index (χ0v) is 12.3. The van der Waals surface area contributed by atoms with E-state index in [0.717, 1.165) is 0 Å². The van der Waals surface area contributed by atoms with E-state index in [1.54, 1.807) is 24.3 Å². The zero-order valence-electron chi connectivity index (χ0n) is 10.7. The molecular formula is C14H11ClFN3OS. The van der Waals surface area contributed by atoms with Crippen LogP contribution in [0.1, 0.15) is 5.56 Å². The maximum atomic E-state index is 13.7. The second-order valence-electron chi connectivity index (χ2n) is 4.11. The molecule has 2 rings (SSSR count). The predicted octanol–water partition coefficient (Wildman–Crippen LogP) is 3.76. The number of carbonyl (C=O) groups excluding carboxylic acids is 1. The minimum atomic E-state index is -0.591. The molecule has 0 unspecified atom stereocenters. The van der Waals surface area contributed by atoms with Crippen LogP contribution in [0, 0.1) is 5.82 Å². The Balaban J connectivity index is 2.15. The van der Waals surface area contributed by atoms with Crippen molar-refractivity contribution in [3.8, 4) is 0 Å². The predicted molar refractivity (Wildman–Crippen MR) is 86.4 cm³/mol. The summed E-state index contributed by atoms with van der Waals surface area (Å²) in [6.45, 7) is 0. The molecule has 0 heterocycles. The molecule has 0 saturated carbocycles. The molecule has 0 atom stereocenters. The fourth-order valence-corrected chi connectivity index (χ4v) is 2.03. The van der Waals surface area contributed by atoms with Gasteiger partial charge < -0.3 is 16.4 Å². The first-order chi connectivity index (χ1) is 9.97. The minimum absolute atomic E-state index is 0.00115. The molecule has 2 aromatic rings. The van der Waals surface area contributed by atoms with Crippen LogP contribution in [0.25, 0.3) is 0 Å². The summed E-state index contributed by atoms with van der Waals surface area (Å²) in [7, 11) is 0. The Hall–Kier alpha value is -2.18. The molecule has 0 saturated heterocycles. The summed E-state index contributed by atoms with van der Waals surface area (Å²) in [5.41, 5.74) is 6.21. The third-order valence-corrected chi connectivity index (χ3v) is 3.07. The van der Waals surface area contributed by atoms with Crippen molar-refractivity contribution >= 4 is 46.2 Å². The average molecular weight is 324 g/mol. The Kier molecular flexibility index (Phi) is 4.72. The second kappa shape index (κ2) is 6.51. The van der Waals surface area contributed by atoms with Crippen LogP contribution in [-0.4, -0.2) is 11.0 Å². The van der Waals surface area contributed by atoms with Crippen LogP contribution in [0.4, 0.5) is 20.6 Å². The average Bonchev–Trinajstić information content (AvgIpc) is 2.41. The van der Waals surface area contributed by atoms with Crippen molar-refractivity contribution in [3.05, 3.63) is 58.9 Å². The van der Waals surface area contributed by atoms with Crippen LogP contribution in [0.3, 0.4) is 0 Å². The molecule has 0 aliphatic rings. The lowest BCUT2D eigenvalue weighted by Gasteiger charge is -2.12. The molecule has 7 heteroatoms. The van der Waals surface area contributed by atoms with Crippen LogP contribution in [-0.2, 0) is 0 Å². The number of carbonyl (C=O) groups is 1. The summed E-state index contributed by atoms with van der Waals surface area (Å²) in [5, 5.41) is 5.65. The van der Waals surface area contributed by atoms with E-state index in [2.05, 4.69) is 10.6 Å². The number of amides is 2. The highest BCUT2D eigenvalue weighted by atomic mass is 35.5. The molecular weight excluding hydrogens is 313 g/mol. The van der Waals surface area contributed by atoms with Crippen LogP contribution >= 0.6 is 23.8 Å². The highest BCUT2D eigenvalue weighted by Crippen LogP contribution is 2.19. The lowest BCUT2D eigenvalue weighted by Crippen LogP contribution is -2.23. The van der Waals surface area contributed by atoms with Gasteiger partial charge in [0, 0.05) is 10.7 Å². The number of urea groups is 1. The fraction of sp³-hybridized carbons (Fsp3) is 0. The molecule has 2 amide bonds. The minimum Gasteiger partial charge on any atom is -0.389 e.